The number of amides is 3. The van der Waals surface area contributed by atoms with Crippen LogP contribution in [0.3, 0.4) is 0 Å². The van der Waals surface area contributed by atoms with Gasteiger partial charge in [0, 0.05) is 39.2 Å². The van der Waals surface area contributed by atoms with E-state index in [2.05, 4.69) is 15.3 Å². The topological polar surface area (TPSA) is 95.5 Å². The van der Waals surface area contributed by atoms with Crippen LogP contribution in [0.1, 0.15) is 29.5 Å². The van der Waals surface area contributed by atoms with E-state index in [-0.39, 0.29) is 29.7 Å². The maximum Gasteiger partial charge on any atom is 0.274 e. The quantitative estimate of drug-likeness (QED) is 0.795. The number of rotatable bonds is 2. The number of aryl methyl sites for hydroxylation is 1. The van der Waals surface area contributed by atoms with Crippen molar-refractivity contribution < 1.29 is 14.4 Å². The van der Waals surface area contributed by atoms with Crippen LogP contribution < -0.4 is 5.32 Å². The SMILES string of the molecule is CNC(=O)[C@@H]1C[C@H]2CN(C(=O)c3cnc(C)cn3)C[C@H]2N1C(C)=O. The van der Waals surface area contributed by atoms with Crippen molar-refractivity contribution in [2.24, 2.45) is 5.92 Å². The van der Waals surface area contributed by atoms with Crippen LogP contribution in [-0.4, -0.2) is 69.7 Å². The second-order valence-electron chi connectivity index (χ2n) is 6.37. The molecule has 2 aliphatic heterocycles. The van der Waals surface area contributed by atoms with Crippen molar-refractivity contribution in [1.29, 1.82) is 0 Å². The van der Waals surface area contributed by atoms with Gasteiger partial charge in [0.15, 0.2) is 0 Å². The molecular formula is C16H21N5O3. The standard InChI is InChI=1S/C16H21N5O3/c1-9-5-19-12(6-18-9)16(24)20-7-11-4-13(15(23)17-3)21(10(2)22)14(11)8-20/h5-6,11,13-14H,4,7-8H2,1-3H3,(H,17,23)/t11-,13-,14+/m0/s1. The maximum absolute atomic E-state index is 12.6. The van der Waals surface area contributed by atoms with Gasteiger partial charge in [-0.1, -0.05) is 0 Å². The molecule has 2 aliphatic rings. The highest BCUT2D eigenvalue weighted by Crippen LogP contribution is 2.36. The van der Waals surface area contributed by atoms with Crippen molar-refractivity contribution in [1.82, 2.24) is 25.1 Å². The van der Waals surface area contributed by atoms with E-state index in [1.54, 1.807) is 23.0 Å². The summed E-state index contributed by atoms with van der Waals surface area (Å²) in [4.78, 5) is 48.2. The van der Waals surface area contributed by atoms with E-state index in [4.69, 9.17) is 0 Å². The van der Waals surface area contributed by atoms with Crippen LogP contribution in [0.2, 0.25) is 0 Å². The second kappa shape index (κ2) is 6.18. The van der Waals surface area contributed by atoms with Crippen LogP contribution in [0.15, 0.2) is 12.4 Å². The summed E-state index contributed by atoms with van der Waals surface area (Å²) in [6, 6.07) is -0.564. The van der Waals surface area contributed by atoms with Gasteiger partial charge in [-0.2, -0.15) is 0 Å². The molecule has 0 saturated carbocycles. The Balaban J connectivity index is 1.76. The number of carbonyl (C=O) groups excluding carboxylic acids is 3. The molecule has 0 aromatic carbocycles. The Morgan fingerprint density at radius 2 is 1.96 bits per heavy atom. The van der Waals surface area contributed by atoms with Crippen LogP contribution in [0.25, 0.3) is 0 Å². The van der Waals surface area contributed by atoms with Crippen molar-refractivity contribution >= 4 is 17.7 Å². The van der Waals surface area contributed by atoms with Gasteiger partial charge in [0.2, 0.25) is 11.8 Å². The van der Waals surface area contributed by atoms with Crippen molar-refractivity contribution in [3.63, 3.8) is 0 Å². The van der Waals surface area contributed by atoms with E-state index >= 15 is 0 Å². The summed E-state index contributed by atoms with van der Waals surface area (Å²) in [5.74, 6) is -0.363. The molecule has 2 saturated heterocycles. The molecule has 128 valence electrons. The Morgan fingerprint density at radius 1 is 1.21 bits per heavy atom. The lowest BCUT2D eigenvalue weighted by Gasteiger charge is -2.28. The number of aromatic nitrogens is 2. The lowest BCUT2D eigenvalue weighted by molar-refractivity contribution is -0.138. The molecular weight excluding hydrogens is 310 g/mol. The number of fused-ring (bicyclic) bond motifs is 1. The minimum absolute atomic E-state index is 0.110. The fourth-order valence-electron chi connectivity index (χ4n) is 3.72. The van der Waals surface area contributed by atoms with Gasteiger partial charge in [-0.25, -0.2) is 4.98 Å². The number of likely N-dealkylation sites (tertiary alicyclic amines) is 2. The van der Waals surface area contributed by atoms with E-state index in [0.29, 0.717) is 25.2 Å². The average molecular weight is 331 g/mol. The van der Waals surface area contributed by atoms with E-state index < -0.39 is 6.04 Å². The smallest absolute Gasteiger partial charge is 0.274 e. The van der Waals surface area contributed by atoms with Crippen molar-refractivity contribution in [3.05, 3.63) is 23.8 Å². The van der Waals surface area contributed by atoms with Gasteiger partial charge in [-0.3, -0.25) is 19.4 Å². The average Bonchev–Trinajstić information content (AvgIpc) is 3.11. The van der Waals surface area contributed by atoms with Gasteiger partial charge >= 0.3 is 0 Å². The largest absolute Gasteiger partial charge is 0.357 e. The molecule has 3 amide bonds. The Morgan fingerprint density at radius 3 is 2.54 bits per heavy atom. The third kappa shape index (κ3) is 2.72. The summed E-state index contributed by atoms with van der Waals surface area (Å²) in [6.07, 6.45) is 3.61. The van der Waals surface area contributed by atoms with Gasteiger partial charge in [0.1, 0.15) is 11.7 Å². The first-order chi connectivity index (χ1) is 11.4. The molecule has 24 heavy (non-hydrogen) atoms. The zero-order valence-electron chi connectivity index (χ0n) is 14.0. The van der Waals surface area contributed by atoms with Crippen molar-refractivity contribution in [2.75, 3.05) is 20.1 Å². The molecule has 8 nitrogen and oxygen atoms in total. The molecule has 0 spiro atoms. The predicted molar refractivity (Wildman–Crippen MR) is 84.9 cm³/mol. The van der Waals surface area contributed by atoms with Crippen LogP contribution in [0.4, 0.5) is 0 Å². The van der Waals surface area contributed by atoms with Gasteiger partial charge in [-0.15, -0.1) is 0 Å². The number of nitrogens with zero attached hydrogens (tertiary/aromatic N) is 4. The summed E-state index contributed by atoms with van der Waals surface area (Å²) in [5, 5.41) is 2.61. The van der Waals surface area contributed by atoms with E-state index in [0.717, 1.165) is 5.69 Å². The molecule has 3 rings (SSSR count). The minimum atomic E-state index is -0.445. The molecule has 0 unspecified atom stereocenters. The second-order valence-corrected chi connectivity index (χ2v) is 6.37. The van der Waals surface area contributed by atoms with Crippen molar-refractivity contribution in [3.8, 4) is 0 Å². The zero-order valence-corrected chi connectivity index (χ0v) is 14.0. The third-order valence-electron chi connectivity index (χ3n) is 4.83. The van der Waals surface area contributed by atoms with Crippen LogP contribution in [0.5, 0.6) is 0 Å². The molecule has 0 bridgehead atoms. The number of likely N-dealkylation sites (N-methyl/N-ethyl adjacent to an activating group) is 1. The highest BCUT2D eigenvalue weighted by Gasteiger charge is 2.50. The molecule has 0 radical (unpaired) electrons. The summed E-state index contributed by atoms with van der Waals surface area (Å²) in [6.45, 7) is 4.22. The Kier molecular flexibility index (Phi) is 4.21. The highest BCUT2D eigenvalue weighted by atomic mass is 16.2. The van der Waals surface area contributed by atoms with Gasteiger partial charge in [0.25, 0.3) is 5.91 Å². The van der Waals surface area contributed by atoms with Crippen LogP contribution >= 0.6 is 0 Å². The first-order valence-corrected chi connectivity index (χ1v) is 8.00. The summed E-state index contributed by atoms with van der Waals surface area (Å²) < 4.78 is 0. The minimum Gasteiger partial charge on any atom is -0.357 e. The molecule has 1 aromatic rings. The monoisotopic (exact) mass is 331 g/mol. The van der Waals surface area contributed by atoms with Gasteiger partial charge in [0.05, 0.1) is 17.9 Å². The fraction of sp³-hybridized carbons (Fsp3) is 0.562. The fourth-order valence-corrected chi connectivity index (χ4v) is 3.72. The van der Waals surface area contributed by atoms with Gasteiger partial charge in [-0.05, 0) is 13.3 Å². The first-order valence-electron chi connectivity index (χ1n) is 8.00. The number of nitrogens with one attached hydrogen (secondary N) is 1. The number of carbonyl (C=O) groups is 3. The number of hydrogen-bond donors (Lipinski definition) is 1. The summed E-state index contributed by atoms with van der Waals surface area (Å²) in [7, 11) is 1.57. The van der Waals surface area contributed by atoms with Gasteiger partial charge < -0.3 is 15.1 Å². The van der Waals surface area contributed by atoms with E-state index in [1.807, 2.05) is 6.92 Å². The Labute approximate surface area is 140 Å². The molecule has 3 atom stereocenters. The van der Waals surface area contributed by atoms with Crippen molar-refractivity contribution in [2.45, 2.75) is 32.4 Å². The first kappa shape index (κ1) is 16.4. The molecule has 2 fully saturated rings. The third-order valence-corrected chi connectivity index (χ3v) is 4.83. The normalized spacial score (nSPS) is 25.5. The summed E-state index contributed by atoms with van der Waals surface area (Å²) in [5.41, 5.74) is 1.05. The Hall–Kier alpha value is -2.51. The Bertz CT molecular complexity index is 675. The van der Waals surface area contributed by atoms with E-state index in [9.17, 15) is 14.4 Å². The predicted octanol–water partition coefficient (Wildman–Crippen LogP) is -0.408. The lowest BCUT2D eigenvalue weighted by Crippen LogP contribution is -2.49. The maximum atomic E-state index is 12.6. The van der Waals surface area contributed by atoms with Crippen LogP contribution in [-0.2, 0) is 9.59 Å². The zero-order chi connectivity index (χ0) is 17.4. The highest BCUT2D eigenvalue weighted by molar-refractivity contribution is 5.93. The molecule has 1 N–H and O–H groups in total. The van der Waals surface area contributed by atoms with E-state index in [1.165, 1.54) is 13.1 Å². The molecule has 8 heteroatoms. The summed E-state index contributed by atoms with van der Waals surface area (Å²) >= 11 is 0. The molecule has 3 heterocycles. The number of hydrogen-bond acceptors (Lipinski definition) is 5. The molecule has 1 aromatic heterocycles. The lowest BCUT2D eigenvalue weighted by atomic mass is 10.0. The van der Waals surface area contributed by atoms with Crippen LogP contribution in [0, 0.1) is 12.8 Å². The molecule has 0 aliphatic carbocycles.